The summed E-state index contributed by atoms with van der Waals surface area (Å²) in [5.41, 5.74) is 3.08. The van der Waals surface area contributed by atoms with Crippen molar-refractivity contribution in [2.45, 2.75) is 30.6 Å². The minimum Gasteiger partial charge on any atom is -0.507 e. The van der Waals surface area contributed by atoms with Gasteiger partial charge in [-0.2, -0.15) is 0 Å². The second-order valence-corrected chi connectivity index (χ2v) is 10.6. The average molecular weight is 517 g/mol. The van der Waals surface area contributed by atoms with E-state index in [4.69, 9.17) is 5.73 Å². The van der Waals surface area contributed by atoms with E-state index in [2.05, 4.69) is 5.32 Å². The number of phenolic OH excluding ortho intramolecular Hbond substituents is 1. The van der Waals surface area contributed by atoms with Crippen molar-refractivity contribution in [2.75, 3.05) is 40.1 Å². The van der Waals surface area contributed by atoms with Gasteiger partial charge in [0.05, 0.1) is 18.2 Å². The third-order valence-electron chi connectivity index (χ3n) is 7.71. The molecule has 2 saturated carbocycles. The van der Waals surface area contributed by atoms with Crippen LogP contribution < -0.4 is 11.1 Å². The first-order valence-corrected chi connectivity index (χ1v) is 11.9. The van der Waals surface area contributed by atoms with Crippen molar-refractivity contribution in [3.8, 4) is 5.75 Å². The number of ketones is 2. The highest BCUT2D eigenvalue weighted by Gasteiger charge is 2.67. The Bertz CT molecular complexity index is 1230. The molecule has 0 spiro atoms. The number of rotatable bonds is 5. The molecule has 6 atom stereocenters. The third kappa shape index (κ3) is 4.00. The molecule has 3 aliphatic rings. The first-order valence-electron chi connectivity index (χ1n) is 11.9. The maximum absolute atomic E-state index is 13.8. The number of nitrogens with zero attached hydrogens (tertiary/aromatic N) is 2. The molecule has 2 amide bonds. The lowest BCUT2D eigenvalue weighted by molar-refractivity contribution is -0.184. The Labute approximate surface area is 213 Å². The molecule has 0 aliphatic heterocycles. The minimum atomic E-state index is -2.71. The molecule has 4 rings (SSSR count). The van der Waals surface area contributed by atoms with Crippen molar-refractivity contribution in [2.24, 2.45) is 23.5 Å². The van der Waals surface area contributed by atoms with Gasteiger partial charge in [0.1, 0.15) is 17.4 Å². The van der Waals surface area contributed by atoms with Crippen LogP contribution in [0.4, 0.5) is 5.69 Å². The number of carbonyl (C=O) groups excluding carboxylic acids is 4. The number of hydrogen-bond donors (Lipinski definition) is 6. The van der Waals surface area contributed by atoms with Crippen molar-refractivity contribution < 1.29 is 39.6 Å². The summed E-state index contributed by atoms with van der Waals surface area (Å²) in [7, 11) is 6.63. The van der Waals surface area contributed by atoms with Crippen LogP contribution in [-0.4, -0.2) is 106 Å². The van der Waals surface area contributed by atoms with E-state index in [1.165, 1.54) is 17.0 Å². The number of nitrogens with one attached hydrogen (secondary N) is 1. The molecule has 0 bridgehead atoms. The van der Waals surface area contributed by atoms with E-state index in [-0.39, 0.29) is 42.2 Å². The van der Waals surface area contributed by atoms with Crippen LogP contribution in [-0.2, 0) is 25.6 Å². The molecular formula is C25H32N4O8. The van der Waals surface area contributed by atoms with Crippen LogP contribution >= 0.6 is 0 Å². The monoisotopic (exact) mass is 516 g/mol. The van der Waals surface area contributed by atoms with Gasteiger partial charge < -0.3 is 41.3 Å². The van der Waals surface area contributed by atoms with Gasteiger partial charge in [-0.05, 0) is 64.6 Å². The molecule has 200 valence electrons. The Balaban J connectivity index is 1.86. The van der Waals surface area contributed by atoms with E-state index in [0.29, 0.717) is 11.3 Å². The fourth-order valence-electron chi connectivity index (χ4n) is 6.20. The topological polar surface area (TPSA) is 194 Å². The maximum atomic E-state index is 13.8. The highest BCUT2D eigenvalue weighted by atomic mass is 16.3. The number of phenols is 1. The summed E-state index contributed by atoms with van der Waals surface area (Å²) < 4.78 is 0. The Kier molecular flexibility index (Phi) is 6.65. The number of fused-ring (bicyclic) bond motifs is 3. The lowest BCUT2D eigenvalue weighted by Crippen LogP contribution is -2.73. The van der Waals surface area contributed by atoms with E-state index in [1.54, 1.807) is 33.1 Å². The molecule has 7 N–H and O–H groups in total. The van der Waals surface area contributed by atoms with E-state index in [0.717, 1.165) is 0 Å². The summed E-state index contributed by atoms with van der Waals surface area (Å²) in [6.45, 7) is 0.0886. The Morgan fingerprint density at radius 1 is 1.16 bits per heavy atom. The number of primary amides is 1. The zero-order valence-electron chi connectivity index (χ0n) is 21.1. The van der Waals surface area contributed by atoms with E-state index >= 15 is 0 Å². The van der Waals surface area contributed by atoms with Gasteiger partial charge in [0, 0.05) is 23.2 Å². The Hall–Kier alpha value is -3.32. The van der Waals surface area contributed by atoms with Crippen molar-refractivity contribution in [3.05, 3.63) is 28.8 Å². The van der Waals surface area contributed by atoms with Crippen LogP contribution in [0.15, 0.2) is 17.7 Å². The van der Waals surface area contributed by atoms with Gasteiger partial charge in [-0.25, -0.2) is 0 Å². The summed E-state index contributed by atoms with van der Waals surface area (Å²) >= 11 is 0. The van der Waals surface area contributed by atoms with Gasteiger partial charge in [0.15, 0.2) is 11.4 Å². The quantitative estimate of drug-likeness (QED) is 0.201. The number of Topliss-reactive ketones (excluding diaryl/α,β-unsaturated/α-hetero) is 2. The molecule has 3 aliphatic carbocycles. The zero-order chi connectivity index (χ0) is 27.6. The number of amides is 2. The van der Waals surface area contributed by atoms with Crippen molar-refractivity contribution >= 4 is 34.8 Å². The van der Waals surface area contributed by atoms with Crippen LogP contribution in [0.25, 0.3) is 5.76 Å². The average Bonchev–Trinajstić information content (AvgIpc) is 2.77. The number of nitrogens with two attached hydrogens (primary N) is 1. The number of aliphatic hydroxyl groups excluding tert-OH is 2. The molecule has 12 nitrogen and oxygen atoms in total. The van der Waals surface area contributed by atoms with Crippen LogP contribution in [0, 0.1) is 17.8 Å². The van der Waals surface area contributed by atoms with Crippen molar-refractivity contribution in [1.82, 2.24) is 9.80 Å². The molecule has 0 heterocycles. The summed E-state index contributed by atoms with van der Waals surface area (Å²) in [6, 6.07) is 1.78. The van der Waals surface area contributed by atoms with Gasteiger partial charge in [0.2, 0.25) is 17.6 Å². The zero-order valence-corrected chi connectivity index (χ0v) is 21.1. The lowest BCUT2D eigenvalue weighted by Gasteiger charge is -2.53. The van der Waals surface area contributed by atoms with Crippen molar-refractivity contribution in [1.29, 1.82) is 0 Å². The fraction of sp³-hybridized carbons (Fsp3) is 0.520. The van der Waals surface area contributed by atoms with Gasteiger partial charge in [-0.15, -0.1) is 0 Å². The van der Waals surface area contributed by atoms with E-state index in [1.807, 2.05) is 0 Å². The summed E-state index contributed by atoms with van der Waals surface area (Å²) in [5, 5.41) is 47.0. The number of likely N-dealkylation sites (N-methyl/N-ethyl adjacent to an activating group) is 2. The van der Waals surface area contributed by atoms with Crippen LogP contribution in [0.2, 0.25) is 0 Å². The Morgan fingerprint density at radius 2 is 1.81 bits per heavy atom. The Morgan fingerprint density at radius 3 is 2.38 bits per heavy atom. The normalized spacial score (nSPS) is 31.2. The molecule has 1 aromatic carbocycles. The predicted molar refractivity (Wildman–Crippen MR) is 131 cm³/mol. The van der Waals surface area contributed by atoms with Gasteiger partial charge >= 0.3 is 0 Å². The SMILES string of the molecule is CN(C)CC(=O)Nc1ccc(O)c2c1CC1CC3C(N(C)C)C(O)C(C(N)=O)C(=O)[C@@]3(O)C(=O)C1=C2O. The fourth-order valence-corrected chi connectivity index (χ4v) is 6.20. The standard InChI is InChI=1S/C25H32N4O8/c1-28(2)9-15(31)27-13-5-6-14(30)17-11(13)7-10-8-12-19(29(3)4)21(33)18(24(26)36)23(35)25(12,37)22(34)16(10)20(17)32/h5-6,10,12,18-19,21,30,32-33,37H,7-9H2,1-4H3,(H2,26,36)(H,27,31)/t10?,12?,18?,19?,21?,25-/m0/s1. The van der Waals surface area contributed by atoms with Crippen molar-refractivity contribution in [3.63, 3.8) is 0 Å². The highest BCUT2D eigenvalue weighted by Crippen LogP contribution is 2.52. The maximum Gasteiger partial charge on any atom is 0.238 e. The molecule has 1 aromatic rings. The molecule has 0 saturated heterocycles. The predicted octanol–water partition coefficient (Wildman–Crippen LogP) is -1.37. The van der Waals surface area contributed by atoms with Crippen LogP contribution in [0.3, 0.4) is 0 Å². The van der Waals surface area contributed by atoms with Gasteiger partial charge in [-0.3, -0.25) is 19.2 Å². The summed E-state index contributed by atoms with van der Waals surface area (Å²) in [6.07, 6.45) is -1.46. The second-order valence-electron chi connectivity index (χ2n) is 10.6. The second kappa shape index (κ2) is 9.21. The summed E-state index contributed by atoms with van der Waals surface area (Å²) in [5.74, 6) is -8.39. The number of carbonyl (C=O) groups is 4. The van der Waals surface area contributed by atoms with E-state index in [9.17, 15) is 39.6 Å². The molecule has 5 unspecified atom stereocenters. The highest BCUT2D eigenvalue weighted by molar-refractivity contribution is 6.25. The molecule has 12 heteroatoms. The molecule has 0 aromatic heterocycles. The first-order chi connectivity index (χ1) is 17.2. The minimum absolute atomic E-state index is 0.00105. The number of benzene rings is 1. The van der Waals surface area contributed by atoms with Crippen LogP contribution in [0.5, 0.6) is 5.75 Å². The van der Waals surface area contributed by atoms with Crippen LogP contribution in [0.1, 0.15) is 17.5 Å². The largest absolute Gasteiger partial charge is 0.507 e. The molecule has 2 fully saturated rings. The smallest absolute Gasteiger partial charge is 0.238 e. The number of aliphatic hydroxyl groups is 3. The third-order valence-corrected chi connectivity index (χ3v) is 7.71. The summed E-state index contributed by atoms with van der Waals surface area (Å²) in [4.78, 5) is 54.8. The van der Waals surface area contributed by atoms with E-state index < -0.39 is 58.7 Å². The number of anilines is 1. The number of hydrogen-bond acceptors (Lipinski definition) is 10. The number of aromatic hydroxyl groups is 1. The van der Waals surface area contributed by atoms with Gasteiger partial charge in [0.25, 0.3) is 0 Å². The molecular weight excluding hydrogens is 484 g/mol. The van der Waals surface area contributed by atoms with Gasteiger partial charge in [-0.1, -0.05) is 0 Å². The molecule has 0 radical (unpaired) electrons. The molecule has 37 heavy (non-hydrogen) atoms. The first kappa shape index (κ1) is 26.7. The lowest BCUT2D eigenvalue weighted by atomic mass is 9.54.